The van der Waals surface area contributed by atoms with Gasteiger partial charge < -0.3 is 4.98 Å². The highest BCUT2D eigenvalue weighted by atomic mass is 79.9. The van der Waals surface area contributed by atoms with Crippen molar-refractivity contribution in [1.82, 2.24) is 9.97 Å². The summed E-state index contributed by atoms with van der Waals surface area (Å²) in [5.74, 6) is -0.995. The van der Waals surface area contributed by atoms with Crippen molar-refractivity contribution in [2.75, 3.05) is 0 Å². The minimum atomic E-state index is -4.69. The van der Waals surface area contributed by atoms with E-state index in [1.807, 2.05) is 6.92 Å². The second kappa shape index (κ2) is 5.84. The highest BCUT2D eigenvalue weighted by Gasteiger charge is 2.34. The summed E-state index contributed by atoms with van der Waals surface area (Å²) in [7, 11) is 0. The Bertz CT molecular complexity index is 740. The molecule has 112 valence electrons. The predicted molar refractivity (Wildman–Crippen MR) is 76.9 cm³/mol. The third-order valence-corrected chi connectivity index (χ3v) is 4.24. The van der Waals surface area contributed by atoms with Crippen molar-refractivity contribution >= 4 is 28.1 Å². The first kappa shape index (κ1) is 16.1. The summed E-state index contributed by atoms with van der Waals surface area (Å²) in [6.45, 7) is 1.82. The molecule has 0 aliphatic rings. The monoisotopic (exact) mass is 380 g/mol. The fraction of sp³-hybridized carbons (Fsp3) is 0.231. The van der Waals surface area contributed by atoms with E-state index < -0.39 is 17.6 Å². The molecule has 2 nitrogen and oxygen atoms in total. The fourth-order valence-electron chi connectivity index (χ4n) is 1.83. The van der Waals surface area contributed by atoms with Gasteiger partial charge in [-0.1, -0.05) is 19.1 Å². The van der Waals surface area contributed by atoms with E-state index in [9.17, 15) is 17.6 Å². The molecular weight excluding hydrogens is 372 g/mol. The summed E-state index contributed by atoms with van der Waals surface area (Å²) >= 11 is 8.26. The Hall–Kier alpha value is -1.28. The molecule has 0 saturated heterocycles. The van der Waals surface area contributed by atoms with E-state index in [1.54, 1.807) is 0 Å². The molecule has 0 atom stereocenters. The summed E-state index contributed by atoms with van der Waals surface area (Å²) < 4.78 is 52.9. The van der Waals surface area contributed by atoms with Crippen LogP contribution in [0.2, 0.25) is 0 Å². The van der Waals surface area contributed by atoms with Gasteiger partial charge in [-0.15, -0.1) is 0 Å². The normalized spacial score (nSPS) is 11.7. The molecule has 0 spiro atoms. The van der Waals surface area contributed by atoms with E-state index in [1.165, 1.54) is 0 Å². The maximum absolute atomic E-state index is 13.1. The Labute approximate surface area is 131 Å². The molecule has 1 N–H and O–H groups in total. The summed E-state index contributed by atoms with van der Waals surface area (Å²) in [6.07, 6.45) is -4.16. The van der Waals surface area contributed by atoms with E-state index in [-0.39, 0.29) is 16.0 Å². The molecular formula is C13H9BrF4N2S. The van der Waals surface area contributed by atoms with Crippen LogP contribution in [0.4, 0.5) is 17.6 Å². The highest BCUT2D eigenvalue weighted by molar-refractivity contribution is 9.10. The number of H-pyrrole nitrogens is 1. The van der Waals surface area contributed by atoms with Crippen LogP contribution in [-0.4, -0.2) is 9.97 Å². The quantitative estimate of drug-likeness (QED) is 0.566. The van der Waals surface area contributed by atoms with Crippen LogP contribution in [0.3, 0.4) is 0 Å². The molecule has 1 aromatic heterocycles. The van der Waals surface area contributed by atoms with Gasteiger partial charge in [0.25, 0.3) is 0 Å². The van der Waals surface area contributed by atoms with Gasteiger partial charge >= 0.3 is 6.18 Å². The van der Waals surface area contributed by atoms with Gasteiger partial charge in [-0.25, -0.2) is 9.37 Å². The van der Waals surface area contributed by atoms with Crippen LogP contribution in [-0.2, 0) is 12.6 Å². The minimum Gasteiger partial charge on any atom is -0.342 e. The fourth-order valence-corrected chi connectivity index (χ4v) is 2.52. The predicted octanol–water partition coefficient (Wildman–Crippen LogP) is 5.29. The zero-order valence-electron chi connectivity index (χ0n) is 10.7. The third kappa shape index (κ3) is 3.32. The molecule has 21 heavy (non-hydrogen) atoms. The van der Waals surface area contributed by atoms with Crippen molar-refractivity contribution < 1.29 is 17.6 Å². The number of hydrogen-bond donors (Lipinski definition) is 1. The molecule has 0 bridgehead atoms. The molecule has 0 aliphatic carbocycles. The number of benzene rings is 1. The number of aromatic amines is 1. The number of alkyl halides is 3. The Morgan fingerprint density at radius 1 is 1.33 bits per heavy atom. The van der Waals surface area contributed by atoms with Gasteiger partial charge in [0.05, 0.1) is 10.0 Å². The Morgan fingerprint density at radius 3 is 2.57 bits per heavy atom. The number of nitrogens with one attached hydrogen (secondary N) is 1. The number of rotatable bonds is 2. The molecule has 0 radical (unpaired) electrons. The van der Waals surface area contributed by atoms with E-state index in [0.717, 1.165) is 12.1 Å². The van der Waals surface area contributed by atoms with Gasteiger partial charge in [0.2, 0.25) is 0 Å². The number of aryl methyl sites for hydroxylation is 1. The summed E-state index contributed by atoms with van der Waals surface area (Å²) in [6, 6.07) is 2.44. The van der Waals surface area contributed by atoms with E-state index in [2.05, 4.69) is 25.9 Å². The van der Waals surface area contributed by atoms with Gasteiger partial charge in [-0.05, 0) is 40.5 Å². The molecule has 1 heterocycles. The summed E-state index contributed by atoms with van der Waals surface area (Å²) in [5.41, 5.74) is -0.704. The maximum Gasteiger partial charge on any atom is 0.417 e. The average molecular weight is 381 g/mol. The molecule has 1 aromatic carbocycles. The first-order valence-electron chi connectivity index (χ1n) is 5.89. The van der Waals surface area contributed by atoms with Crippen LogP contribution >= 0.6 is 28.1 Å². The highest BCUT2D eigenvalue weighted by Crippen LogP contribution is 2.36. The van der Waals surface area contributed by atoms with Crippen molar-refractivity contribution in [2.24, 2.45) is 0 Å². The number of hydrogen-bond acceptors (Lipinski definition) is 2. The minimum absolute atomic E-state index is 0.0348. The van der Waals surface area contributed by atoms with Gasteiger partial charge in [0.15, 0.2) is 0 Å². The van der Waals surface area contributed by atoms with Crippen LogP contribution in [0, 0.1) is 10.5 Å². The molecule has 2 rings (SSSR count). The Kier molecular flexibility index (Phi) is 4.48. The van der Waals surface area contributed by atoms with E-state index in [4.69, 9.17) is 12.2 Å². The lowest BCUT2D eigenvalue weighted by molar-refractivity contribution is -0.137. The van der Waals surface area contributed by atoms with Crippen LogP contribution < -0.4 is 0 Å². The van der Waals surface area contributed by atoms with E-state index >= 15 is 0 Å². The van der Waals surface area contributed by atoms with Crippen molar-refractivity contribution in [1.29, 1.82) is 0 Å². The number of aromatic nitrogens is 2. The van der Waals surface area contributed by atoms with E-state index in [0.29, 0.717) is 22.7 Å². The third-order valence-electron chi connectivity index (χ3n) is 2.83. The van der Waals surface area contributed by atoms with Gasteiger partial charge in [-0.2, -0.15) is 13.2 Å². The SMILES string of the molecule is CCc1[nH]c(-c2ccc(F)cc2C(F)(F)F)nc(=S)c1Br. The zero-order valence-corrected chi connectivity index (χ0v) is 13.1. The second-order valence-corrected chi connectivity index (χ2v) is 5.40. The number of halogens is 5. The molecule has 8 heteroatoms. The topological polar surface area (TPSA) is 28.7 Å². The molecule has 0 aliphatic heterocycles. The largest absolute Gasteiger partial charge is 0.417 e. The van der Waals surface area contributed by atoms with Crippen molar-refractivity contribution in [3.8, 4) is 11.4 Å². The smallest absolute Gasteiger partial charge is 0.342 e. The van der Waals surface area contributed by atoms with Crippen molar-refractivity contribution in [3.63, 3.8) is 0 Å². The first-order chi connectivity index (χ1) is 9.74. The van der Waals surface area contributed by atoms with Crippen LogP contribution in [0.25, 0.3) is 11.4 Å². The lowest BCUT2D eigenvalue weighted by atomic mass is 10.1. The molecule has 0 fully saturated rings. The molecule has 2 aromatic rings. The van der Waals surface area contributed by atoms with Gasteiger partial charge in [-0.3, -0.25) is 0 Å². The zero-order chi connectivity index (χ0) is 15.8. The Balaban J connectivity index is 2.73. The molecule has 0 amide bonds. The van der Waals surface area contributed by atoms with Gasteiger partial charge in [0, 0.05) is 11.3 Å². The maximum atomic E-state index is 13.1. The average Bonchev–Trinajstić information content (AvgIpc) is 2.40. The van der Waals surface area contributed by atoms with Crippen molar-refractivity contribution in [2.45, 2.75) is 19.5 Å². The lowest BCUT2D eigenvalue weighted by Crippen LogP contribution is -2.09. The Morgan fingerprint density at radius 2 is 2.00 bits per heavy atom. The number of nitrogens with zero attached hydrogens (tertiary/aromatic N) is 1. The summed E-state index contributed by atoms with van der Waals surface area (Å²) in [4.78, 5) is 6.75. The summed E-state index contributed by atoms with van der Waals surface area (Å²) in [5, 5.41) is 0. The van der Waals surface area contributed by atoms with Crippen LogP contribution in [0.15, 0.2) is 22.7 Å². The van der Waals surface area contributed by atoms with Gasteiger partial charge in [0.1, 0.15) is 16.3 Å². The molecule has 0 saturated carbocycles. The lowest BCUT2D eigenvalue weighted by Gasteiger charge is -2.14. The second-order valence-electron chi connectivity index (χ2n) is 4.22. The molecule has 0 unspecified atom stereocenters. The van der Waals surface area contributed by atoms with Crippen LogP contribution in [0.1, 0.15) is 18.2 Å². The standard InChI is InChI=1S/C13H9BrF4N2S/c1-2-9-10(14)12(21)20-11(19-9)7-4-3-6(15)5-8(7)13(16,17)18/h3-5H,2H2,1H3,(H,19,20,21). The first-order valence-corrected chi connectivity index (χ1v) is 7.10. The van der Waals surface area contributed by atoms with Crippen molar-refractivity contribution in [3.05, 3.63) is 44.4 Å². The van der Waals surface area contributed by atoms with Crippen LogP contribution in [0.5, 0.6) is 0 Å².